The van der Waals surface area contributed by atoms with E-state index in [4.69, 9.17) is 18.5 Å². The van der Waals surface area contributed by atoms with Crippen LogP contribution < -0.4 is 0 Å². The van der Waals surface area contributed by atoms with E-state index in [1.54, 1.807) is 27.1 Å². The van der Waals surface area contributed by atoms with Crippen molar-refractivity contribution in [3.8, 4) is 0 Å². The second-order valence-electron chi connectivity index (χ2n) is 6.24. The maximum absolute atomic E-state index is 12.5. The SMILES string of the molecule is COP(=O)(CO[C@H](C)Cn1cnc2c(C)ncnc21)OCOC(=O)OC(C)C. The first-order valence-corrected chi connectivity index (χ1v) is 10.3. The minimum absolute atomic E-state index is 0.312. The molecule has 0 bridgehead atoms. The zero-order valence-corrected chi connectivity index (χ0v) is 17.4. The highest BCUT2D eigenvalue weighted by atomic mass is 31.2. The van der Waals surface area contributed by atoms with E-state index in [0.29, 0.717) is 17.7 Å². The number of nitrogens with zero attached hydrogens (tertiary/aromatic N) is 4. The van der Waals surface area contributed by atoms with Crippen LogP contribution >= 0.6 is 7.60 Å². The van der Waals surface area contributed by atoms with E-state index in [9.17, 15) is 9.36 Å². The zero-order valence-electron chi connectivity index (χ0n) is 16.5. The van der Waals surface area contributed by atoms with Crippen molar-refractivity contribution in [1.82, 2.24) is 19.5 Å². The van der Waals surface area contributed by atoms with Gasteiger partial charge in [0.2, 0.25) is 6.79 Å². The van der Waals surface area contributed by atoms with E-state index >= 15 is 0 Å². The number of aryl methyl sites for hydroxylation is 1. The van der Waals surface area contributed by atoms with Crippen LogP contribution in [0, 0.1) is 6.92 Å². The summed E-state index contributed by atoms with van der Waals surface area (Å²) in [6, 6.07) is 0. The molecule has 0 spiro atoms. The molecule has 28 heavy (non-hydrogen) atoms. The number of aromatic nitrogens is 4. The molecule has 2 aromatic heterocycles. The smallest absolute Gasteiger partial charge is 0.432 e. The van der Waals surface area contributed by atoms with Gasteiger partial charge in [0.1, 0.15) is 18.2 Å². The van der Waals surface area contributed by atoms with Gasteiger partial charge < -0.3 is 23.3 Å². The third-order valence-electron chi connectivity index (χ3n) is 3.59. The summed E-state index contributed by atoms with van der Waals surface area (Å²) in [6.07, 6.45) is 1.21. The van der Waals surface area contributed by atoms with Gasteiger partial charge in [-0.1, -0.05) is 0 Å². The number of fused-ring (bicyclic) bond motifs is 1. The summed E-state index contributed by atoms with van der Waals surface area (Å²) < 4.78 is 39.3. The number of hydrogen-bond acceptors (Lipinski definition) is 10. The third kappa shape index (κ3) is 6.23. The Morgan fingerprint density at radius 1 is 1.25 bits per heavy atom. The lowest BCUT2D eigenvalue weighted by Gasteiger charge is -2.19. The molecule has 0 aromatic carbocycles. The van der Waals surface area contributed by atoms with Crippen molar-refractivity contribution >= 4 is 24.9 Å². The molecule has 0 aliphatic rings. The number of ether oxygens (including phenoxy) is 3. The summed E-state index contributed by atoms with van der Waals surface area (Å²) >= 11 is 0. The summed E-state index contributed by atoms with van der Waals surface area (Å²) in [5.41, 5.74) is 2.18. The highest BCUT2D eigenvalue weighted by Gasteiger charge is 2.26. The van der Waals surface area contributed by atoms with Crippen LogP contribution in [-0.4, -0.2) is 58.1 Å². The Labute approximate surface area is 162 Å². The molecular formula is C16H25N4O7P. The minimum Gasteiger partial charge on any atom is -0.432 e. The van der Waals surface area contributed by atoms with Gasteiger partial charge in [0, 0.05) is 7.11 Å². The Kier molecular flexibility index (Phi) is 7.88. The molecule has 0 aliphatic heterocycles. The Bertz CT molecular complexity index is 842. The quantitative estimate of drug-likeness (QED) is 0.324. The molecule has 2 atom stereocenters. The number of imidazole rings is 1. The first-order valence-electron chi connectivity index (χ1n) is 8.61. The van der Waals surface area contributed by atoms with Crippen molar-refractivity contribution in [2.75, 3.05) is 20.3 Å². The van der Waals surface area contributed by atoms with E-state index in [0.717, 1.165) is 5.69 Å². The molecule has 11 nitrogen and oxygen atoms in total. The second kappa shape index (κ2) is 9.92. The molecule has 2 rings (SSSR count). The lowest BCUT2D eigenvalue weighted by atomic mass is 10.4. The lowest BCUT2D eigenvalue weighted by Crippen LogP contribution is -2.19. The molecule has 0 saturated carbocycles. The van der Waals surface area contributed by atoms with E-state index in [2.05, 4.69) is 19.7 Å². The topological polar surface area (TPSA) is 124 Å². The molecule has 0 radical (unpaired) electrons. The van der Waals surface area contributed by atoms with Gasteiger partial charge in [0.25, 0.3) is 0 Å². The predicted octanol–water partition coefficient (Wildman–Crippen LogP) is 2.87. The molecule has 1 unspecified atom stereocenters. The molecule has 2 heterocycles. The average molecular weight is 416 g/mol. The molecule has 0 aliphatic carbocycles. The molecule has 2 aromatic rings. The van der Waals surface area contributed by atoms with Gasteiger partial charge >= 0.3 is 13.8 Å². The lowest BCUT2D eigenvalue weighted by molar-refractivity contribution is -0.0167. The van der Waals surface area contributed by atoms with Crippen LogP contribution in [0.5, 0.6) is 0 Å². The van der Waals surface area contributed by atoms with E-state index < -0.39 is 20.5 Å². The number of rotatable bonds is 10. The van der Waals surface area contributed by atoms with E-state index in [1.165, 1.54) is 13.4 Å². The predicted molar refractivity (Wildman–Crippen MR) is 98.7 cm³/mol. The fourth-order valence-corrected chi connectivity index (χ4v) is 3.14. The van der Waals surface area contributed by atoms with Crippen LogP contribution in [0.1, 0.15) is 26.5 Å². The largest absolute Gasteiger partial charge is 0.510 e. The van der Waals surface area contributed by atoms with Crippen molar-refractivity contribution in [2.45, 2.75) is 46.4 Å². The van der Waals surface area contributed by atoms with Gasteiger partial charge in [-0.25, -0.2) is 19.7 Å². The van der Waals surface area contributed by atoms with Crippen LogP contribution in [0.3, 0.4) is 0 Å². The summed E-state index contributed by atoms with van der Waals surface area (Å²) in [4.78, 5) is 23.9. The number of hydrogen-bond donors (Lipinski definition) is 0. The molecule has 0 fully saturated rings. The van der Waals surface area contributed by atoms with Crippen molar-refractivity contribution in [1.29, 1.82) is 0 Å². The van der Waals surface area contributed by atoms with Crippen molar-refractivity contribution in [3.05, 3.63) is 18.3 Å². The maximum atomic E-state index is 12.5. The van der Waals surface area contributed by atoms with Crippen LogP contribution in [0.15, 0.2) is 12.7 Å². The Morgan fingerprint density at radius 2 is 2.00 bits per heavy atom. The fourth-order valence-electron chi connectivity index (χ4n) is 2.20. The van der Waals surface area contributed by atoms with E-state index in [1.807, 2.05) is 11.5 Å². The summed E-state index contributed by atoms with van der Waals surface area (Å²) in [5.74, 6) is 0. The highest BCUT2D eigenvalue weighted by molar-refractivity contribution is 7.53. The van der Waals surface area contributed by atoms with Gasteiger partial charge in [0.15, 0.2) is 5.65 Å². The Balaban J connectivity index is 1.85. The average Bonchev–Trinajstić information content (AvgIpc) is 3.04. The number of carbonyl (C=O) groups excluding carboxylic acids is 1. The minimum atomic E-state index is -3.60. The van der Waals surface area contributed by atoms with Crippen molar-refractivity contribution in [2.24, 2.45) is 0 Å². The Hall–Kier alpha value is -2.07. The van der Waals surface area contributed by atoms with Gasteiger partial charge in [-0.05, 0) is 27.7 Å². The highest BCUT2D eigenvalue weighted by Crippen LogP contribution is 2.47. The number of carbonyl (C=O) groups is 1. The first-order chi connectivity index (χ1) is 13.2. The third-order valence-corrected chi connectivity index (χ3v) is 5.11. The van der Waals surface area contributed by atoms with Crippen LogP contribution in [0.2, 0.25) is 0 Å². The maximum Gasteiger partial charge on any atom is 0.510 e. The second-order valence-corrected chi connectivity index (χ2v) is 8.34. The van der Waals surface area contributed by atoms with Gasteiger partial charge in [-0.3, -0.25) is 9.09 Å². The summed E-state index contributed by atoms with van der Waals surface area (Å²) in [5, 5.41) is 0. The van der Waals surface area contributed by atoms with Crippen LogP contribution in [-0.2, 0) is 34.4 Å². The Morgan fingerprint density at radius 3 is 2.68 bits per heavy atom. The molecule has 0 N–H and O–H groups in total. The standard InChI is InChI=1S/C16H25N4O7P/c1-11(2)27-16(21)24-9-26-28(22,23-5)10-25-12(3)6-20-8-19-14-13(4)17-7-18-15(14)20/h7-8,11-12H,6,9-10H2,1-5H3/t12-,28?/m1/s1. The van der Waals surface area contributed by atoms with Gasteiger partial charge in [-0.15, -0.1) is 0 Å². The van der Waals surface area contributed by atoms with Crippen molar-refractivity contribution in [3.63, 3.8) is 0 Å². The van der Waals surface area contributed by atoms with Gasteiger partial charge in [-0.2, -0.15) is 0 Å². The molecule has 0 saturated heterocycles. The fraction of sp³-hybridized carbons (Fsp3) is 0.625. The zero-order chi connectivity index (χ0) is 20.7. The monoisotopic (exact) mass is 416 g/mol. The van der Waals surface area contributed by atoms with E-state index in [-0.39, 0.29) is 18.6 Å². The summed E-state index contributed by atoms with van der Waals surface area (Å²) in [6.45, 7) is 6.86. The van der Waals surface area contributed by atoms with Gasteiger partial charge in [0.05, 0.1) is 30.8 Å². The first kappa shape index (κ1) is 22.2. The van der Waals surface area contributed by atoms with Crippen molar-refractivity contribution < 1.29 is 32.6 Å². The molecule has 156 valence electrons. The van der Waals surface area contributed by atoms with Crippen LogP contribution in [0.4, 0.5) is 4.79 Å². The molecule has 12 heteroatoms. The molecular weight excluding hydrogens is 391 g/mol. The molecule has 0 amide bonds. The normalized spacial score (nSPS) is 14.8. The summed E-state index contributed by atoms with van der Waals surface area (Å²) in [7, 11) is -2.37. The van der Waals surface area contributed by atoms with Crippen LogP contribution in [0.25, 0.3) is 11.2 Å².